The van der Waals surface area contributed by atoms with Gasteiger partial charge < -0.3 is 20.1 Å². The Bertz CT molecular complexity index is 1270. The number of hydrazone groups is 1. The number of ether oxygens (including phenoxy) is 2. The average Bonchev–Trinajstić information content (AvgIpc) is 2.88. The molecule has 0 radical (unpaired) electrons. The summed E-state index contributed by atoms with van der Waals surface area (Å²) in [5.74, 6) is -1.02. The minimum Gasteiger partial charge on any atom is -0.497 e. The van der Waals surface area contributed by atoms with Crippen molar-refractivity contribution >= 4 is 52.8 Å². The van der Waals surface area contributed by atoms with Gasteiger partial charge in [0.1, 0.15) is 11.5 Å². The second-order valence-corrected chi connectivity index (χ2v) is 8.08. The summed E-state index contributed by atoms with van der Waals surface area (Å²) >= 11 is 11.8. The van der Waals surface area contributed by atoms with Gasteiger partial charge in [0, 0.05) is 12.2 Å². The molecular weight excluding hydrogens is 507 g/mol. The Morgan fingerprint density at radius 2 is 1.69 bits per heavy atom. The molecule has 3 rings (SSSR count). The molecule has 0 unspecified atom stereocenters. The van der Waals surface area contributed by atoms with E-state index in [-0.39, 0.29) is 19.1 Å². The number of carbonyl (C=O) groups excluding carboxylic acids is 3. The number of nitrogens with zero attached hydrogens (tertiary/aromatic N) is 1. The van der Waals surface area contributed by atoms with Gasteiger partial charge in [0.25, 0.3) is 5.91 Å². The maximum Gasteiger partial charge on any atom is 0.329 e. The first-order chi connectivity index (χ1) is 17.3. The molecule has 0 aliphatic carbocycles. The van der Waals surface area contributed by atoms with Crippen LogP contribution < -0.4 is 25.5 Å². The Labute approximate surface area is 217 Å². The van der Waals surface area contributed by atoms with E-state index < -0.39 is 11.8 Å². The van der Waals surface area contributed by atoms with E-state index in [1.54, 1.807) is 67.8 Å². The highest BCUT2D eigenvalue weighted by atomic mass is 35.5. The molecule has 0 saturated carbocycles. The van der Waals surface area contributed by atoms with E-state index in [4.69, 9.17) is 32.7 Å². The van der Waals surface area contributed by atoms with Crippen molar-refractivity contribution in [1.82, 2.24) is 10.7 Å². The Kier molecular flexibility index (Phi) is 9.67. The molecule has 0 atom stereocenters. The summed E-state index contributed by atoms with van der Waals surface area (Å²) in [6.07, 6.45) is 1.34. The van der Waals surface area contributed by atoms with Gasteiger partial charge in [-0.15, -0.1) is 0 Å². The van der Waals surface area contributed by atoms with Crippen LogP contribution in [0.15, 0.2) is 71.8 Å². The number of anilines is 1. The van der Waals surface area contributed by atoms with Gasteiger partial charge in [0.15, 0.2) is 6.61 Å². The van der Waals surface area contributed by atoms with E-state index in [1.165, 1.54) is 12.3 Å². The second-order valence-electron chi connectivity index (χ2n) is 7.27. The summed E-state index contributed by atoms with van der Waals surface area (Å²) in [4.78, 5) is 36.0. The van der Waals surface area contributed by atoms with Crippen molar-refractivity contribution in [2.24, 2.45) is 5.10 Å². The Morgan fingerprint density at radius 1 is 0.917 bits per heavy atom. The van der Waals surface area contributed by atoms with Crippen molar-refractivity contribution in [3.05, 3.63) is 87.9 Å². The fourth-order valence-electron chi connectivity index (χ4n) is 2.83. The predicted octanol–water partition coefficient (Wildman–Crippen LogP) is 3.79. The lowest BCUT2D eigenvalue weighted by molar-refractivity contribution is -0.139. The number of halogens is 2. The van der Waals surface area contributed by atoms with Crippen LogP contribution in [0, 0.1) is 0 Å². The van der Waals surface area contributed by atoms with Crippen LogP contribution >= 0.6 is 23.2 Å². The van der Waals surface area contributed by atoms with Crippen molar-refractivity contribution in [1.29, 1.82) is 0 Å². The summed E-state index contributed by atoms with van der Waals surface area (Å²) in [7, 11) is 1.56. The lowest BCUT2D eigenvalue weighted by atomic mass is 10.2. The van der Waals surface area contributed by atoms with Gasteiger partial charge in [-0.25, -0.2) is 5.43 Å². The van der Waals surface area contributed by atoms with Crippen LogP contribution in [-0.4, -0.2) is 37.7 Å². The Morgan fingerprint density at radius 3 is 2.42 bits per heavy atom. The van der Waals surface area contributed by atoms with E-state index in [0.29, 0.717) is 32.8 Å². The minimum atomic E-state index is -0.911. The predicted molar refractivity (Wildman–Crippen MR) is 138 cm³/mol. The Balaban J connectivity index is 1.44. The van der Waals surface area contributed by atoms with Gasteiger partial charge in [0.2, 0.25) is 0 Å². The van der Waals surface area contributed by atoms with Crippen LogP contribution in [0.3, 0.4) is 0 Å². The first-order valence-electron chi connectivity index (χ1n) is 10.6. The number of carbonyl (C=O) groups is 3. The Hall–Kier alpha value is -4.08. The third-order valence-corrected chi connectivity index (χ3v) is 5.37. The molecule has 3 aromatic carbocycles. The average molecular weight is 529 g/mol. The van der Waals surface area contributed by atoms with E-state index in [0.717, 1.165) is 5.56 Å². The van der Waals surface area contributed by atoms with Crippen molar-refractivity contribution in [2.75, 3.05) is 19.0 Å². The zero-order valence-electron chi connectivity index (χ0n) is 19.1. The zero-order chi connectivity index (χ0) is 25.9. The quantitative estimate of drug-likeness (QED) is 0.222. The number of methoxy groups -OCH3 is 1. The van der Waals surface area contributed by atoms with E-state index >= 15 is 0 Å². The van der Waals surface area contributed by atoms with Crippen LogP contribution in [0.25, 0.3) is 0 Å². The van der Waals surface area contributed by atoms with Gasteiger partial charge in [-0.3, -0.25) is 14.4 Å². The zero-order valence-corrected chi connectivity index (χ0v) is 20.6. The van der Waals surface area contributed by atoms with Crippen LogP contribution in [0.2, 0.25) is 10.0 Å². The van der Waals surface area contributed by atoms with E-state index in [2.05, 4.69) is 21.2 Å². The molecule has 0 fully saturated rings. The van der Waals surface area contributed by atoms with Crippen LogP contribution in [0.4, 0.5) is 5.69 Å². The molecule has 0 saturated heterocycles. The van der Waals surface area contributed by atoms with Gasteiger partial charge in [-0.1, -0.05) is 47.5 Å². The molecule has 3 amide bonds. The van der Waals surface area contributed by atoms with Crippen LogP contribution in [0.5, 0.6) is 11.5 Å². The number of benzene rings is 3. The molecule has 36 heavy (non-hydrogen) atoms. The van der Waals surface area contributed by atoms with Gasteiger partial charge in [0.05, 0.1) is 23.4 Å². The fraction of sp³-hybridized carbons (Fsp3) is 0.120. The number of hydrogen-bond acceptors (Lipinski definition) is 6. The molecule has 3 aromatic rings. The summed E-state index contributed by atoms with van der Waals surface area (Å²) in [6, 6.07) is 18.5. The van der Waals surface area contributed by atoms with Gasteiger partial charge in [-0.2, -0.15) is 5.10 Å². The number of nitrogens with one attached hydrogen (secondary N) is 3. The van der Waals surface area contributed by atoms with Crippen LogP contribution in [0.1, 0.15) is 11.1 Å². The molecule has 11 heteroatoms. The number of rotatable bonds is 9. The van der Waals surface area contributed by atoms with Crippen molar-refractivity contribution in [2.45, 2.75) is 6.54 Å². The highest BCUT2D eigenvalue weighted by Gasteiger charge is 2.12. The molecule has 0 heterocycles. The highest BCUT2D eigenvalue weighted by Crippen LogP contribution is 2.25. The largest absolute Gasteiger partial charge is 0.497 e. The maximum absolute atomic E-state index is 12.1. The summed E-state index contributed by atoms with van der Waals surface area (Å²) < 4.78 is 10.6. The maximum atomic E-state index is 12.1. The van der Waals surface area contributed by atoms with Gasteiger partial charge in [-0.05, 0) is 53.6 Å². The highest BCUT2D eigenvalue weighted by molar-refractivity contribution is 6.42. The minimum absolute atomic E-state index is 0.179. The molecule has 9 nitrogen and oxygen atoms in total. The third kappa shape index (κ3) is 8.30. The number of hydrogen-bond donors (Lipinski definition) is 3. The molecule has 0 spiro atoms. The van der Waals surface area contributed by atoms with Crippen molar-refractivity contribution < 1.29 is 23.9 Å². The van der Waals surface area contributed by atoms with E-state index in [1.807, 2.05) is 0 Å². The molecule has 0 aliphatic heterocycles. The second kappa shape index (κ2) is 13.1. The van der Waals surface area contributed by atoms with E-state index in [9.17, 15) is 14.4 Å². The molecule has 3 N–H and O–H groups in total. The van der Waals surface area contributed by atoms with Crippen LogP contribution in [-0.2, 0) is 20.9 Å². The smallest absolute Gasteiger partial charge is 0.329 e. The molecular formula is C25H22Cl2N4O5. The van der Waals surface area contributed by atoms with Crippen molar-refractivity contribution in [3.8, 4) is 11.5 Å². The molecule has 0 aliphatic rings. The standard InChI is InChI=1S/C25H22Cl2N4O5/c1-35-19-8-5-16(6-9-19)13-28-24(33)25(34)31-29-14-17-3-2-4-20(11-17)36-15-23(32)30-18-7-10-21(26)22(27)12-18/h2-12,14H,13,15H2,1H3,(H,28,33)(H,30,32)(H,31,34)/b29-14-. The first kappa shape index (κ1) is 26.5. The third-order valence-electron chi connectivity index (χ3n) is 4.63. The fourth-order valence-corrected chi connectivity index (χ4v) is 3.12. The first-order valence-corrected chi connectivity index (χ1v) is 11.3. The lowest BCUT2D eigenvalue weighted by Crippen LogP contribution is -2.37. The number of amides is 3. The molecule has 0 bridgehead atoms. The summed E-state index contributed by atoms with van der Waals surface area (Å²) in [6.45, 7) is -0.0656. The normalized spacial score (nSPS) is 10.5. The topological polar surface area (TPSA) is 118 Å². The summed E-state index contributed by atoms with van der Waals surface area (Å²) in [5.41, 5.74) is 4.04. The monoisotopic (exact) mass is 528 g/mol. The summed E-state index contributed by atoms with van der Waals surface area (Å²) in [5, 5.41) is 9.66. The van der Waals surface area contributed by atoms with Crippen molar-refractivity contribution in [3.63, 3.8) is 0 Å². The van der Waals surface area contributed by atoms with Gasteiger partial charge >= 0.3 is 11.8 Å². The SMILES string of the molecule is COc1ccc(CNC(=O)C(=O)N/N=C\c2cccc(OCC(=O)Nc3ccc(Cl)c(Cl)c3)c2)cc1. The molecule has 186 valence electrons. The lowest BCUT2D eigenvalue weighted by Gasteiger charge is -2.08. The molecule has 0 aromatic heterocycles.